The molecule has 0 amide bonds. The summed E-state index contributed by atoms with van der Waals surface area (Å²) in [6, 6.07) is 9.88. The molecule has 2 aromatic carbocycles. The van der Waals surface area contributed by atoms with Crippen LogP contribution < -0.4 is 15.2 Å². The Balaban J connectivity index is 2.21. The number of methoxy groups -OCH3 is 2. The van der Waals surface area contributed by atoms with E-state index >= 15 is 0 Å². The van der Waals surface area contributed by atoms with Crippen LogP contribution >= 0.6 is 27.5 Å². The van der Waals surface area contributed by atoms with Gasteiger partial charge in [-0.25, -0.2) is 0 Å². The Bertz CT molecular complexity index is 902. The number of H-pyrrole nitrogens is 1. The molecule has 1 heterocycles. The predicted molar refractivity (Wildman–Crippen MR) is 112 cm³/mol. The van der Waals surface area contributed by atoms with E-state index in [-0.39, 0.29) is 0 Å². The van der Waals surface area contributed by atoms with Crippen LogP contribution in [0, 0.1) is 0 Å². The molecule has 0 atom stereocenters. The van der Waals surface area contributed by atoms with Crippen LogP contribution in [0.1, 0.15) is 18.4 Å². The third-order valence-corrected chi connectivity index (χ3v) is 5.21. The van der Waals surface area contributed by atoms with Crippen LogP contribution in [0.4, 0.5) is 0 Å². The van der Waals surface area contributed by atoms with Crippen LogP contribution in [0.15, 0.2) is 34.8 Å². The van der Waals surface area contributed by atoms with E-state index in [1.54, 1.807) is 14.2 Å². The van der Waals surface area contributed by atoms with Gasteiger partial charge in [-0.05, 0) is 55.6 Å². The second kappa shape index (κ2) is 8.33. The minimum absolute atomic E-state index is 0.690. The van der Waals surface area contributed by atoms with Crippen molar-refractivity contribution >= 4 is 38.4 Å². The van der Waals surface area contributed by atoms with Crippen LogP contribution in [0.2, 0.25) is 5.02 Å². The number of unbranched alkanes of at least 4 members (excludes halogenated alkanes) is 1. The van der Waals surface area contributed by atoms with E-state index in [1.807, 2.05) is 24.3 Å². The highest BCUT2D eigenvalue weighted by Crippen LogP contribution is 2.39. The highest BCUT2D eigenvalue weighted by molar-refractivity contribution is 9.10. The molecule has 138 valence electrons. The van der Waals surface area contributed by atoms with Gasteiger partial charge in [0.25, 0.3) is 0 Å². The van der Waals surface area contributed by atoms with E-state index < -0.39 is 0 Å². The van der Waals surface area contributed by atoms with Gasteiger partial charge < -0.3 is 20.2 Å². The number of benzene rings is 2. The van der Waals surface area contributed by atoms with Crippen LogP contribution in [0.25, 0.3) is 22.2 Å². The van der Waals surface area contributed by atoms with E-state index in [0.717, 1.165) is 57.4 Å². The van der Waals surface area contributed by atoms with Crippen molar-refractivity contribution in [1.82, 2.24) is 4.98 Å². The molecule has 0 saturated heterocycles. The van der Waals surface area contributed by atoms with Crippen LogP contribution in [0.3, 0.4) is 0 Å². The monoisotopic (exact) mass is 436 g/mol. The molecular weight excluding hydrogens is 416 g/mol. The molecule has 0 bridgehead atoms. The Morgan fingerprint density at radius 1 is 1.04 bits per heavy atom. The van der Waals surface area contributed by atoms with E-state index in [9.17, 15) is 0 Å². The second-order valence-corrected chi connectivity index (χ2v) is 7.46. The van der Waals surface area contributed by atoms with E-state index in [0.29, 0.717) is 11.6 Å². The van der Waals surface area contributed by atoms with Crippen LogP contribution in [-0.2, 0) is 6.42 Å². The van der Waals surface area contributed by atoms with Crippen LogP contribution in [-0.4, -0.2) is 25.7 Å². The summed E-state index contributed by atoms with van der Waals surface area (Å²) in [7, 11) is 3.31. The molecule has 3 aromatic rings. The van der Waals surface area contributed by atoms with Gasteiger partial charge in [-0.2, -0.15) is 0 Å². The summed E-state index contributed by atoms with van der Waals surface area (Å²) in [4.78, 5) is 3.51. The van der Waals surface area contributed by atoms with Gasteiger partial charge in [0.05, 0.1) is 24.8 Å². The van der Waals surface area contributed by atoms with Gasteiger partial charge in [0.15, 0.2) is 0 Å². The van der Waals surface area contributed by atoms with Crippen molar-refractivity contribution < 1.29 is 9.47 Å². The average Bonchev–Trinajstić information content (AvgIpc) is 3.00. The Kier molecular flexibility index (Phi) is 6.12. The first-order valence-corrected chi connectivity index (χ1v) is 9.67. The van der Waals surface area contributed by atoms with Crippen molar-refractivity contribution in [3.63, 3.8) is 0 Å². The molecule has 0 fully saturated rings. The number of halogens is 2. The van der Waals surface area contributed by atoms with E-state index in [4.69, 9.17) is 26.8 Å². The number of rotatable bonds is 7. The van der Waals surface area contributed by atoms with Gasteiger partial charge in [0, 0.05) is 27.2 Å². The zero-order valence-corrected chi connectivity index (χ0v) is 17.2. The normalized spacial score (nSPS) is 11.1. The summed E-state index contributed by atoms with van der Waals surface area (Å²) >= 11 is 10.0. The minimum atomic E-state index is 0.690. The number of hydrogen-bond donors (Lipinski definition) is 2. The van der Waals surface area contributed by atoms with Crippen molar-refractivity contribution in [1.29, 1.82) is 0 Å². The van der Waals surface area contributed by atoms with Crippen molar-refractivity contribution in [3.8, 4) is 22.8 Å². The molecule has 3 rings (SSSR count). The SMILES string of the molecule is COc1cc(OC)cc(-c2[nH]c3c(Cl)cc(Br)cc3c2CCCCN)c1. The quantitative estimate of drug-likeness (QED) is 0.476. The maximum atomic E-state index is 6.48. The first kappa shape index (κ1) is 19.1. The molecule has 4 nitrogen and oxygen atoms in total. The highest BCUT2D eigenvalue weighted by atomic mass is 79.9. The van der Waals surface area contributed by atoms with E-state index in [2.05, 4.69) is 27.0 Å². The van der Waals surface area contributed by atoms with Gasteiger partial charge >= 0.3 is 0 Å². The van der Waals surface area contributed by atoms with Crippen LogP contribution in [0.5, 0.6) is 11.5 Å². The number of aromatic nitrogens is 1. The molecule has 0 saturated carbocycles. The lowest BCUT2D eigenvalue weighted by Gasteiger charge is -2.10. The van der Waals surface area contributed by atoms with Gasteiger partial charge in [-0.3, -0.25) is 0 Å². The maximum absolute atomic E-state index is 6.48. The van der Waals surface area contributed by atoms with E-state index in [1.165, 1.54) is 5.56 Å². The van der Waals surface area contributed by atoms with Crippen molar-refractivity contribution in [2.45, 2.75) is 19.3 Å². The summed E-state index contributed by atoms with van der Waals surface area (Å²) in [5.74, 6) is 1.50. The second-order valence-electron chi connectivity index (χ2n) is 6.14. The molecule has 0 aliphatic carbocycles. The number of hydrogen-bond acceptors (Lipinski definition) is 3. The molecule has 26 heavy (non-hydrogen) atoms. The third-order valence-electron chi connectivity index (χ3n) is 4.45. The lowest BCUT2D eigenvalue weighted by Crippen LogP contribution is -1.99. The lowest BCUT2D eigenvalue weighted by atomic mass is 10.00. The molecule has 3 N–H and O–H groups in total. The number of nitrogens with two attached hydrogens (primary N) is 1. The molecule has 6 heteroatoms. The highest BCUT2D eigenvalue weighted by Gasteiger charge is 2.17. The lowest BCUT2D eigenvalue weighted by molar-refractivity contribution is 0.394. The van der Waals surface area contributed by atoms with Crippen molar-refractivity contribution in [3.05, 3.63) is 45.4 Å². The van der Waals surface area contributed by atoms with Gasteiger partial charge in [0.1, 0.15) is 11.5 Å². The fourth-order valence-electron chi connectivity index (χ4n) is 3.18. The standard InChI is InChI=1S/C20H22BrClN2O2/c1-25-14-7-12(8-15(11-14)26-2)19-16(5-3-4-6-23)17-9-13(21)10-18(22)20(17)24-19/h7-11,24H,3-6,23H2,1-2H3. The summed E-state index contributed by atoms with van der Waals surface area (Å²) in [5, 5.41) is 1.81. The number of fused-ring (bicyclic) bond motifs is 1. The fourth-order valence-corrected chi connectivity index (χ4v) is 4.03. The Morgan fingerprint density at radius 2 is 1.73 bits per heavy atom. The van der Waals surface area contributed by atoms with Gasteiger partial charge in [-0.15, -0.1) is 0 Å². The Labute approximate surface area is 166 Å². The average molecular weight is 438 g/mol. The maximum Gasteiger partial charge on any atom is 0.123 e. The topological polar surface area (TPSA) is 60.3 Å². The van der Waals surface area contributed by atoms with Gasteiger partial charge in [-0.1, -0.05) is 27.5 Å². The molecule has 0 radical (unpaired) electrons. The smallest absolute Gasteiger partial charge is 0.123 e. The molecule has 1 aromatic heterocycles. The summed E-state index contributed by atoms with van der Waals surface area (Å²) in [6.45, 7) is 0.690. The molecular formula is C20H22BrClN2O2. The molecule has 0 aliphatic heterocycles. The van der Waals surface area contributed by atoms with Crippen molar-refractivity contribution in [2.75, 3.05) is 20.8 Å². The first-order chi connectivity index (χ1) is 12.6. The first-order valence-electron chi connectivity index (χ1n) is 8.50. The zero-order chi connectivity index (χ0) is 18.7. The Morgan fingerprint density at radius 3 is 2.35 bits per heavy atom. The number of ether oxygens (including phenoxy) is 2. The predicted octanol–water partition coefficient (Wildman–Crippen LogP) is 5.55. The number of aromatic amines is 1. The minimum Gasteiger partial charge on any atom is -0.497 e. The summed E-state index contributed by atoms with van der Waals surface area (Å²) in [6.07, 6.45) is 2.91. The molecule has 0 spiro atoms. The number of nitrogens with one attached hydrogen (secondary N) is 1. The Hall–Kier alpha value is -1.69. The zero-order valence-electron chi connectivity index (χ0n) is 14.9. The van der Waals surface area contributed by atoms with Gasteiger partial charge in [0.2, 0.25) is 0 Å². The fraction of sp³-hybridized carbons (Fsp3) is 0.300. The summed E-state index contributed by atoms with van der Waals surface area (Å²) < 4.78 is 11.8. The molecule has 0 aliphatic rings. The largest absolute Gasteiger partial charge is 0.497 e. The molecule has 0 unspecified atom stereocenters. The number of aryl methyl sites for hydroxylation is 1. The third kappa shape index (κ3) is 3.85. The summed E-state index contributed by atoms with van der Waals surface area (Å²) in [5.41, 5.74) is 9.90. The van der Waals surface area contributed by atoms with Crippen molar-refractivity contribution in [2.24, 2.45) is 5.73 Å².